The molecule has 0 bridgehead atoms. The molecule has 0 radical (unpaired) electrons. The highest BCUT2D eigenvalue weighted by Crippen LogP contribution is 2.40. The van der Waals surface area contributed by atoms with E-state index in [-0.39, 0.29) is 5.91 Å². The van der Waals surface area contributed by atoms with Gasteiger partial charge < -0.3 is 5.32 Å². The number of carbonyl (C=O) groups is 1. The van der Waals surface area contributed by atoms with Crippen LogP contribution in [-0.2, 0) is 11.0 Å². The van der Waals surface area contributed by atoms with Crippen molar-refractivity contribution in [2.45, 2.75) is 18.3 Å². The number of alkyl halides is 3. The molecule has 3 aromatic carbocycles. The van der Waals surface area contributed by atoms with E-state index in [0.717, 1.165) is 23.3 Å². The summed E-state index contributed by atoms with van der Waals surface area (Å²) in [5, 5.41) is 10.1. The summed E-state index contributed by atoms with van der Waals surface area (Å²) in [6.07, 6.45) is -3.75. The van der Waals surface area contributed by atoms with Gasteiger partial charge in [-0.2, -0.15) is 18.3 Å². The van der Waals surface area contributed by atoms with E-state index in [4.69, 9.17) is 23.2 Å². The zero-order valence-electron chi connectivity index (χ0n) is 17.4. The lowest BCUT2D eigenvalue weighted by Gasteiger charge is -2.33. The maximum Gasteiger partial charge on any atom is 0.416 e. The zero-order valence-corrected chi connectivity index (χ0v) is 18.9. The Labute approximate surface area is 203 Å². The number of halogens is 5. The SMILES string of the molecule is O=C1C=C(c2ccc(C(F)(F)F)cc2)NC2C(c3ccc(Cl)cc3Cl)C(c3ccccc3)=NN12. The van der Waals surface area contributed by atoms with Crippen LogP contribution in [0.3, 0.4) is 0 Å². The minimum Gasteiger partial charge on any atom is -0.362 e. The molecule has 0 saturated heterocycles. The first kappa shape index (κ1) is 22.5. The van der Waals surface area contributed by atoms with E-state index in [1.165, 1.54) is 23.2 Å². The summed E-state index contributed by atoms with van der Waals surface area (Å²) in [5.74, 6) is -0.839. The van der Waals surface area contributed by atoms with Gasteiger partial charge >= 0.3 is 6.18 Å². The summed E-state index contributed by atoms with van der Waals surface area (Å²) in [6.45, 7) is 0. The van der Waals surface area contributed by atoms with Crippen molar-refractivity contribution in [3.05, 3.63) is 111 Å². The summed E-state index contributed by atoms with van der Waals surface area (Å²) in [6, 6.07) is 19.2. The minimum absolute atomic E-state index is 0.389. The summed E-state index contributed by atoms with van der Waals surface area (Å²) >= 11 is 12.7. The van der Waals surface area contributed by atoms with Gasteiger partial charge in [-0.15, -0.1) is 0 Å². The van der Waals surface area contributed by atoms with Gasteiger partial charge in [-0.05, 0) is 41.0 Å². The fourth-order valence-electron chi connectivity index (χ4n) is 4.18. The van der Waals surface area contributed by atoms with Gasteiger partial charge in [-0.3, -0.25) is 4.79 Å². The second-order valence-electron chi connectivity index (χ2n) is 7.90. The van der Waals surface area contributed by atoms with Gasteiger partial charge in [0.2, 0.25) is 0 Å². The van der Waals surface area contributed by atoms with Gasteiger partial charge in [0.15, 0.2) is 0 Å². The van der Waals surface area contributed by atoms with Gasteiger partial charge in [0.05, 0.1) is 17.2 Å². The van der Waals surface area contributed by atoms with Crippen LogP contribution in [-0.4, -0.2) is 22.8 Å². The van der Waals surface area contributed by atoms with Crippen molar-refractivity contribution in [1.29, 1.82) is 0 Å². The molecule has 5 rings (SSSR count). The zero-order chi connectivity index (χ0) is 24.0. The van der Waals surface area contributed by atoms with E-state index in [1.807, 2.05) is 30.3 Å². The number of amides is 1. The number of rotatable bonds is 3. The van der Waals surface area contributed by atoms with Gasteiger partial charge in [0.25, 0.3) is 5.91 Å². The van der Waals surface area contributed by atoms with Crippen molar-refractivity contribution in [1.82, 2.24) is 10.3 Å². The molecule has 0 fully saturated rings. The highest BCUT2D eigenvalue weighted by molar-refractivity contribution is 6.35. The van der Waals surface area contributed by atoms with Crippen LogP contribution in [0.25, 0.3) is 5.70 Å². The number of hydrazone groups is 1. The maximum absolute atomic E-state index is 13.0. The first-order valence-electron chi connectivity index (χ1n) is 10.3. The van der Waals surface area contributed by atoms with Crippen LogP contribution >= 0.6 is 23.2 Å². The van der Waals surface area contributed by atoms with Crippen LogP contribution in [0, 0.1) is 0 Å². The monoisotopic (exact) mass is 501 g/mol. The molecular weight excluding hydrogens is 486 g/mol. The van der Waals surface area contributed by atoms with Gasteiger partial charge in [0, 0.05) is 21.8 Å². The normalized spacial score (nSPS) is 19.9. The number of nitrogens with one attached hydrogen (secondary N) is 1. The molecule has 172 valence electrons. The number of carbonyl (C=O) groups excluding carboxylic acids is 1. The van der Waals surface area contributed by atoms with Crippen LogP contribution in [0.4, 0.5) is 13.2 Å². The smallest absolute Gasteiger partial charge is 0.362 e. The van der Waals surface area contributed by atoms with Crippen molar-refractivity contribution >= 4 is 40.5 Å². The molecule has 34 heavy (non-hydrogen) atoms. The minimum atomic E-state index is -4.44. The number of benzene rings is 3. The molecule has 0 aromatic heterocycles. The van der Waals surface area contributed by atoms with E-state index in [1.54, 1.807) is 18.2 Å². The quantitative estimate of drug-likeness (QED) is 0.456. The molecule has 1 N–H and O–H groups in total. The average molecular weight is 502 g/mol. The molecule has 9 heteroatoms. The predicted octanol–water partition coefficient (Wildman–Crippen LogP) is 6.31. The van der Waals surface area contributed by atoms with Crippen molar-refractivity contribution in [3.63, 3.8) is 0 Å². The second kappa shape index (κ2) is 8.49. The Hall–Kier alpha value is -3.29. The number of hydrogen-bond acceptors (Lipinski definition) is 3. The molecule has 2 aliphatic rings. The fourth-order valence-corrected chi connectivity index (χ4v) is 4.70. The van der Waals surface area contributed by atoms with E-state index in [0.29, 0.717) is 27.0 Å². The molecule has 4 nitrogen and oxygen atoms in total. The van der Waals surface area contributed by atoms with Gasteiger partial charge in [-0.1, -0.05) is 71.7 Å². The molecule has 1 amide bonds. The molecule has 3 aromatic rings. The third-order valence-electron chi connectivity index (χ3n) is 5.78. The van der Waals surface area contributed by atoms with Crippen molar-refractivity contribution in [2.75, 3.05) is 0 Å². The van der Waals surface area contributed by atoms with Crippen LogP contribution < -0.4 is 5.32 Å². The third kappa shape index (κ3) is 4.06. The van der Waals surface area contributed by atoms with Crippen LogP contribution in [0.1, 0.15) is 28.2 Å². The number of nitrogens with zero attached hydrogens (tertiary/aromatic N) is 2. The van der Waals surface area contributed by atoms with Crippen molar-refractivity contribution in [3.8, 4) is 0 Å². The maximum atomic E-state index is 13.0. The lowest BCUT2D eigenvalue weighted by Crippen LogP contribution is -2.49. The molecule has 2 atom stereocenters. The van der Waals surface area contributed by atoms with Gasteiger partial charge in [-0.25, -0.2) is 5.01 Å². The Morgan fingerprint density at radius 2 is 1.62 bits per heavy atom. The fraction of sp³-hybridized carbons (Fsp3) is 0.120. The molecular formula is C25H16Cl2F3N3O. The molecule has 2 heterocycles. The third-order valence-corrected chi connectivity index (χ3v) is 6.34. The Morgan fingerprint density at radius 3 is 2.26 bits per heavy atom. The first-order valence-corrected chi connectivity index (χ1v) is 11.1. The Morgan fingerprint density at radius 1 is 0.912 bits per heavy atom. The van der Waals surface area contributed by atoms with Crippen molar-refractivity contribution < 1.29 is 18.0 Å². The average Bonchev–Trinajstić information content (AvgIpc) is 3.19. The highest BCUT2D eigenvalue weighted by atomic mass is 35.5. The van der Waals surface area contributed by atoms with E-state index >= 15 is 0 Å². The van der Waals surface area contributed by atoms with Crippen LogP contribution in [0.5, 0.6) is 0 Å². The molecule has 0 saturated carbocycles. The summed E-state index contributed by atoms with van der Waals surface area (Å²) in [7, 11) is 0. The van der Waals surface area contributed by atoms with Crippen LogP contribution in [0.15, 0.2) is 84.0 Å². The van der Waals surface area contributed by atoms with E-state index in [9.17, 15) is 18.0 Å². The second-order valence-corrected chi connectivity index (χ2v) is 8.74. The summed E-state index contributed by atoms with van der Waals surface area (Å²) in [4.78, 5) is 13.0. The van der Waals surface area contributed by atoms with Gasteiger partial charge in [0.1, 0.15) is 6.17 Å². The van der Waals surface area contributed by atoms with Crippen LogP contribution in [0.2, 0.25) is 10.0 Å². The lowest BCUT2D eigenvalue weighted by molar-refractivity contribution is -0.137. The standard InChI is InChI=1S/C25H16Cl2F3N3O/c26-17-10-11-18(19(27)12-17)22-23(15-4-2-1-3-5-15)32-33-21(34)13-20(31-24(22)33)14-6-8-16(9-7-14)25(28,29)30/h1-13,22,24,31H. The number of hydrogen-bond donors (Lipinski definition) is 1. The number of fused-ring (bicyclic) bond motifs is 1. The molecule has 2 aliphatic heterocycles. The van der Waals surface area contributed by atoms with E-state index < -0.39 is 23.8 Å². The summed E-state index contributed by atoms with van der Waals surface area (Å²) < 4.78 is 38.9. The van der Waals surface area contributed by atoms with Crippen molar-refractivity contribution in [2.24, 2.45) is 5.10 Å². The Kier molecular flexibility index (Phi) is 5.62. The van der Waals surface area contributed by atoms with E-state index in [2.05, 4.69) is 10.4 Å². The summed E-state index contributed by atoms with van der Waals surface area (Å²) in [5.41, 5.74) is 2.27. The highest BCUT2D eigenvalue weighted by Gasteiger charge is 2.44. The molecule has 0 spiro atoms. The Bertz CT molecular complexity index is 1320. The largest absolute Gasteiger partial charge is 0.416 e. The topological polar surface area (TPSA) is 44.7 Å². The predicted molar refractivity (Wildman–Crippen MR) is 125 cm³/mol. The first-order chi connectivity index (χ1) is 16.2. The lowest BCUT2D eigenvalue weighted by atomic mass is 9.87. The Balaban J connectivity index is 1.56. The molecule has 2 unspecified atom stereocenters. The molecule has 0 aliphatic carbocycles.